The second-order valence-corrected chi connectivity index (χ2v) is 8.44. The fraction of sp³-hybridized carbons (Fsp3) is 0.800. The van der Waals surface area contributed by atoms with Crippen LogP contribution >= 0.6 is 23.1 Å². The first-order valence-corrected chi connectivity index (χ1v) is 9.69. The van der Waals surface area contributed by atoms with Gasteiger partial charge in [0.2, 0.25) is 0 Å². The molecule has 1 N–H and O–H groups in total. The zero-order chi connectivity index (χ0) is 14.1. The summed E-state index contributed by atoms with van der Waals surface area (Å²) >= 11 is 3.97. The smallest absolute Gasteiger partial charge is 0.186 e. The quantitative estimate of drug-likeness (QED) is 0.901. The molecule has 0 aromatic carbocycles. The lowest BCUT2D eigenvalue weighted by Crippen LogP contribution is -2.40. The van der Waals surface area contributed by atoms with Gasteiger partial charge in [-0.05, 0) is 25.7 Å². The van der Waals surface area contributed by atoms with Crippen LogP contribution in [0.2, 0.25) is 0 Å². The van der Waals surface area contributed by atoms with Gasteiger partial charge in [0.15, 0.2) is 5.13 Å². The highest BCUT2D eigenvalue weighted by Gasteiger charge is 2.26. The molecule has 1 saturated carbocycles. The van der Waals surface area contributed by atoms with E-state index in [-0.39, 0.29) is 0 Å². The molecule has 0 spiro atoms. The number of aromatic nitrogens is 1. The van der Waals surface area contributed by atoms with E-state index in [0.29, 0.717) is 12.0 Å². The summed E-state index contributed by atoms with van der Waals surface area (Å²) in [6.07, 6.45) is 2.70. The van der Waals surface area contributed by atoms with E-state index in [1.807, 2.05) is 11.3 Å². The van der Waals surface area contributed by atoms with Crippen LogP contribution in [0.5, 0.6) is 0 Å². The maximum Gasteiger partial charge on any atom is 0.186 e. The minimum Gasteiger partial charge on any atom is -0.344 e. The van der Waals surface area contributed by atoms with Crippen LogP contribution in [0.15, 0.2) is 0 Å². The molecule has 1 saturated heterocycles. The summed E-state index contributed by atoms with van der Waals surface area (Å²) in [5.41, 5.74) is 1.31. The lowest BCUT2D eigenvalue weighted by Gasteiger charge is -2.32. The van der Waals surface area contributed by atoms with Crippen molar-refractivity contribution in [2.45, 2.75) is 58.2 Å². The Balaban J connectivity index is 1.77. The van der Waals surface area contributed by atoms with Crippen molar-refractivity contribution < 1.29 is 0 Å². The van der Waals surface area contributed by atoms with Gasteiger partial charge in [-0.15, -0.1) is 11.3 Å². The third-order valence-corrected chi connectivity index (χ3v) is 6.30. The number of nitrogens with one attached hydrogen (secondary N) is 1. The molecule has 3 nitrogen and oxygen atoms in total. The summed E-state index contributed by atoms with van der Waals surface area (Å²) in [5, 5.41) is 4.89. The Labute approximate surface area is 130 Å². The second kappa shape index (κ2) is 6.24. The number of nitrogens with zero attached hydrogens (tertiary/aromatic N) is 2. The van der Waals surface area contributed by atoms with Crippen molar-refractivity contribution in [2.24, 2.45) is 0 Å². The van der Waals surface area contributed by atoms with Crippen molar-refractivity contribution in [1.29, 1.82) is 0 Å². The lowest BCUT2D eigenvalue weighted by molar-refractivity contribution is 0.677. The van der Waals surface area contributed by atoms with Crippen molar-refractivity contribution in [1.82, 2.24) is 10.3 Å². The van der Waals surface area contributed by atoms with Crippen molar-refractivity contribution >= 4 is 28.2 Å². The van der Waals surface area contributed by atoms with Crippen LogP contribution in [-0.2, 0) is 6.54 Å². The fourth-order valence-corrected chi connectivity index (χ4v) is 4.89. The van der Waals surface area contributed by atoms with Gasteiger partial charge in [0.25, 0.3) is 0 Å². The molecule has 2 fully saturated rings. The van der Waals surface area contributed by atoms with Crippen LogP contribution in [0.3, 0.4) is 0 Å². The topological polar surface area (TPSA) is 28.2 Å². The average molecular weight is 312 g/mol. The molecule has 3 rings (SSSR count). The molecule has 0 amide bonds. The van der Waals surface area contributed by atoms with Gasteiger partial charge in [-0.1, -0.05) is 13.8 Å². The summed E-state index contributed by atoms with van der Waals surface area (Å²) in [6.45, 7) is 8.99. The van der Waals surface area contributed by atoms with Crippen LogP contribution < -0.4 is 10.2 Å². The third-order valence-electron chi connectivity index (χ3n) is 4.01. The van der Waals surface area contributed by atoms with Crippen LogP contribution in [-0.4, -0.2) is 35.1 Å². The van der Waals surface area contributed by atoms with E-state index >= 15 is 0 Å². The minimum absolute atomic E-state index is 0.519. The van der Waals surface area contributed by atoms with E-state index < -0.39 is 0 Å². The van der Waals surface area contributed by atoms with Gasteiger partial charge in [-0.2, -0.15) is 11.8 Å². The molecule has 1 aromatic heterocycles. The van der Waals surface area contributed by atoms with Gasteiger partial charge < -0.3 is 10.2 Å². The Morgan fingerprint density at radius 2 is 2.20 bits per heavy atom. The first kappa shape index (κ1) is 14.7. The summed E-state index contributed by atoms with van der Waals surface area (Å²) in [6, 6.07) is 1.38. The Morgan fingerprint density at radius 3 is 2.85 bits per heavy atom. The highest BCUT2D eigenvalue weighted by molar-refractivity contribution is 7.99. The van der Waals surface area contributed by atoms with Crippen LogP contribution in [0.1, 0.15) is 50.1 Å². The van der Waals surface area contributed by atoms with E-state index in [9.17, 15) is 0 Å². The molecule has 112 valence electrons. The molecular weight excluding hydrogens is 286 g/mol. The first-order chi connectivity index (χ1) is 9.65. The molecule has 0 radical (unpaired) electrons. The molecule has 20 heavy (non-hydrogen) atoms. The number of hydrogen-bond donors (Lipinski definition) is 1. The van der Waals surface area contributed by atoms with Crippen molar-refractivity contribution in [3.8, 4) is 0 Å². The maximum atomic E-state index is 4.98. The molecule has 2 aliphatic rings. The van der Waals surface area contributed by atoms with E-state index in [1.54, 1.807) is 0 Å². The van der Waals surface area contributed by atoms with Crippen molar-refractivity contribution in [3.05, 3.63) is 10.6 Å². The molecule has 1 aromatic rings. The Hall–Kier alpha value is -0.260. The zero-order valence-electron chi connectivity index (χ0n) is 12.7. The average Bonchev–Trinajstić information content (AvgIpc) is 3.15. The Morgan fingerprint density at radius 1 is 1.40 bits per heavy atom. The van der Waals surface area contributed by atoms with Crippen LogP contribution in [0.25, 0.3) is 0 Å². The van der Waals surface area contributed by atoms with E-state index in [1.165, 1.54) is 40.0 Å². The van der Waals surface area contributed by atoms with Gasteiger partial charge in [0.05, 0.1) is 5.69 Å². The van der Waals surface area contributed by atoms with Crippen molar-refractivity contribution in [3.63, 3.8) is 0 Å². The standard InChI is InChI=1S/C15H25N3S2/c1-10(2)14-13(8-16-12-4-5-12)20-15(17-14)18-6-7-19-9-11(18)3/h10-12,16H,4-9H2,1-3H3. The molecule has 1 aliphatic heterocycles. The normalized spacial score (nSPS) is 23.6. The van der Waals surface area contributed by atoms with Gasteiger partial charge in [-0.3, -0.25) is 0 Å². The molecule has 1 atom stereocenters. The van der Waals surface area contributed by atoms with Gasteiger partial charge >= 0.3 is 0 Å². The monoisotopic (exact) mass is 311 g/mol. The number of hydrogen-bond acceptors (Lipinski definition) is 5. The molecule has 0 bridgehead atoms. The fourth-order valence-electron chi connectivity index (χ4n) is 2.59. The summed E-state index contributed by atoms with van der Waals surface area (Å²) in [5.74, 6) is 2.98. The van der Waals surface area contributed by atoms with Crippen LogP contribution in [0, 0.1) is 0 Å². The van der Waals surface area contributed by atoms with Gasteiger partial charge in [-0.25, -0.2) is 4.98 Å². The number of rotatable bonds is 5. The van der Waals surface area contributed by atoms with E-state index in [0.717, 1.165) is 19.1 Å². The molecule has 5 heteroatoms. The van der Waals surface area contributed by atoms with Gasteiger partial charge in [0, 0.05) is 41.6 Å². The Bertz CT molecular complexity index is 454. The second-order valence-electron chi connectivity index (χ2n) is 6.23. The largest absolute Gasteiger partial charge is 0.344 e. The Kier molecular flexibility index (Phi) is 4.58. The molecule has 2 heterocycles. The predicted octanol–water partition coefficient (Wildman–Crippen LogP) is 3.46. The SMILES string of the molecule is CC(C)c1nc(N2CCSCC2C)sc1CNC1CC1. The lowest BCUT2D eigenvalue weighted by atomic mass is 10.1. The summed E-state index contributed by atoms with van der Waals surface area (Å²) < 4.78 is 0. The number of thiazole rings is 1. The maximum absolute atomic E-state index is 4.98. The highest BCUT2D eigenvalue weighted by atomic mass is 32.2. The van der Waals surface area contributed by atoms with Crippen LogP contribution in [0.4, 0.5) is 5.13 Å². The molecular formula is C15H25N3S2. The van der Waals surface area contributed by atoms with Gasteiger partial charge in [0.1, 0.15) is 0 Å². The predicted molar refractivity (Wildman–Crippen MR) is 90.2 cm³/mol. The minimum atomic E-state index is 0.519. The highest BCUT2D eigenvalue weighted by Crippen LogP contribution is 2.34. The van der Waals surface area contributed by atoms with Crippen molar-refractivity contribution in [2.75, 3.05) is 23.0 Å². The van der Waals surface area contributed by atoms with E-state index in [4.69, 9.17) is 4.98 Å². The van der Waals surface area contributed by atoms with E-state index in [2.05, 4.69) is 42.7 Å². The zero-order valence-corrected chi connectivity index (χ0v) is 14.3. The number of thioether (sulfide) groups is 1. The summed E-state index contributed by atoms with van der Waals surface area (Å²) in [4.78, 5) is 8.94. The molecule has 1 aliphatic carbocycles. The molecule has 1 unspecified atom stereocenters. The number of anilines is 1. The third kappa shape index (κ3) is 3.31. The summed E-state index contributed by atoms with van der Waals surface area (Å²) in [7, 11) is 0. The first-order valence-electron chi connectivity index (χ1n) is 7.72.